The van der Waals surface area contributed by atoms with Gasteiger partial charge in [-0.15, -0.1) is 12.4 Å². The van der Waals surface area contributed by atoms with Crippen molar-refractivity contribution in [1.29, 1.82) is 0 Å². The van der Waals surface area contributed by atoms with Crippen LogP contribution in [0.4, 0.5) is 8.78 Å². The molecule has 2 aromatic rings. The van der Waals surface area contributed by atoms with Gasteiger partial charge in [-0.1, -0.05) is 24.3 Å². The van der Waals surface area contributed by atoms with Gasteiger partial charge in [0.2, 0.25) is 0 Å². The first kappa shape index (κ1) is 17.5. The van der Waals surface area contributed by atoms with Crippen LogP contribution in [0.5, 0.6) is 0 Å². The van der Waals surface area contributed by atoms with Gasteiger partial charge in [0.05, 0.1) is 12.1 Å². The fourth-order valence-corrected chi connectivity index (χ4v) is 3.36. The molecule has 1 N–H and O–H groups in total. The Morgan fingerprint density at radius 2 is 1.72 bits per heavy atom. The van der Waals surface area contributed by atoms with E-state index in [1.165, 1.54) is 12.1 Å². The Balaban J connectivity index is 0.00000182. The second-order valence-electron chi connectivity index (χ2n) is 5.87. The van der Waals surface area contributed by atoms with E-state index < -0.39 is 6.43 Å². The molecule has 1 saturated heterocycles. The second kappa shape index (κ2) is 7.29. The topological polar surface area (TPSA) is 40.5 Å². The molecule has 2 aliphatic rings. The number of halogens is 3. The number of rotatable bonds is 3. The summed E-state index contributed by atoms with van der Waals surface area (Å²) in [6.07, 6.45) is 6.62. The number of alkyl halides is 2. The monoisotopic (exact) mass is 362 g/mol. The van der Waals surface area contributed by atoms with Crippen molar-refractivity contribution in [3.05, 3.63) is 77.9 Å². The zero-order valence-corrected chi connectivity index (χ0v) is 14.0. The van der Waals surface area contributed by atoms with Crippen molar-refractivity contribution >= 4 is 18.6 Å². The Kier molecular flexibility index (Phi) is 5.11. The summed E-state index contributed by atoms with van der Waals surface area (Å²) in [4.78, 5) is 8.34. The number of hydrogen-bond acceptors (Lipinski definition) is 4. The molecule has 4 nitrogen and oxygen atoms in total. The molecule has 4 rings (SSSR count). The van der Waals surface area contributed by atoms with E-state index in [-0.39, 0.29) is 36.0 Å². The van der Waals surface area contributed by atoms with Crippen molar-refractivity contribution in [3.8, 4) is 0 Å². The van der Waals surface area contributed by atoms with Gasteiger partial charge in [-0.05, 0) is 23.3 Å². The quantitative estimate of drug-likeness (QED) is 0.896. The molecule has 1 fully saturated rings. The van der Waals surface area contributed by atoms with Crippen LogP contribution < -0.4 is 5.43 Å². The maximum absolute atomic E-state index is 12.8. The normalized spacial score (nSPS) is 24.3. The third-order valence-electron chi connectivity index (χ3n) is 4.53. The number of nitrogens with one attached hydrogen (secondary N) is 1. The maximum atomic E-state index is 12.8. The van der Waals surface area contributed by atoms with Crippen molar-refractivity contribution in [2.75, 3.05) is 0 Å². The van der Waals surface area contributed by atoms with Crippen molar-refractivity contribution in [1.82, 2.24) is 15.4 Å². The average Bonchev–Trinajstić information content (AvgIpc) is 3.02. The highest BCUT2D eigenvalue weighted by Crippen LogP contribution is 2.41. The summed E-state index contributed by atoms with van der Waals surface area (Å²) in [7, 11) is 0. The SMILES string of the molecule is Cl.FC(F)c1ccc(C2NN3C=CN=CC3C2c2ccncc2)cc1. The Bertz CT molecular complexity index is 764. The van der Waals surface area contributed by atoms with Crippen LogP contribution in [0.25, 0.3) is 0 Å². The van der Waals surface area contributed by atoms with Crippen LogP contribution in [0, 0.1) is 0 Å². The van der Waals surface area contributed by atoms with Gasteiger partial charge >= 0.3 is 0 Å². The number of aromatic nitrogens is 1. The standard InChI is InChI=1S/C18H16F2N4.ClH/c19-18(20)14-3-1-13(2-4-14)17-16(12-5-7-21-8-6-12)15-11-22-9-10-24(15)23-17;/h1-11,15-18,23H;1H. The first-order valence-corrected chi connectivity index (χ1v) is 7.76. The molecule has 0 amide bonds. The van der Waals surface area contributed by atoms with E-state index in [2.05, 4.69) is 15.4 Å². The molecule has 3 unspecified atom stereocenters. The lowest BCUT2D eigenvalue weighted by atomic mass is 9.84. The highest BCUT2D eigenvalue weighted by Gasteiger charge is 2.42. The maximum Gasteiger partial charge on any atom is 0.263 e. The van der Waals surface area contributed by atoms with E-state index in [1.54, 1.807) is 30.7 Å². The molecule has 1 aromatic heterocycles. The predicted octanol–water partition coefficient (Wildman–Crippen LogP) is 4.01. The third kappa shape index (κ3) is 3.27. The molecule has 25 heavy (non-hydrogen) atoms. The van der Waals surface area contributed by atoms with Crippen molar-refractivity contribution < 1.29 is 8.78 Å². The molecular weight excluding hydrogens is 346 g/mol. The third-order valence-corrected chi connectivity index (χ3v) is 4.53. The first-order valence-electron chi connectivity index (χ1n) is 7.76. The van der Waals surface area contributed by atoms with E-state index in [9.17, 15) is 8.78 Å². The van der Waals surface area contributed by atoms with Crippen LogP contribution >= 0.6 is 12.4 Å². The second-order valence-corrected chi connectivity index (χ2v) is 5.87. The number of hydrogen-bond donors (Lipinski definition) is 1. The Hall–Kier alpha value is -2.31. The van der Waals surface area contributed by atoms with E-state index in [4.69, 9.17) is 0 Å². The number of pyridine rings is 1. The van der Waals surface area contributed by atoms with Crippen molar-refractivity contribution in [3.63, 3.8) is 0 Å². The fourth-order valence-electron chi connectivity index (χ4n) is 3.36. The molecule has 0 saturated carbocycles. The molecule has 0 radical (unpaired) electrons. The number of aliphatic imine (C=N–C) groups is 1. The number of benzene rings is 1. The number of nitrogens with zero attached hydrogens (tertiary/aromatic N) is 3. The lowest BCUT2D eigenvalue weighted by molar-refractivity contribution is 0.151. The van der Waals surface area contributed by atoms with Crippen molar-refractivity contribution in [2.24, 2.45) is 4.99 Å². The summed E-state index contributed by atoms with van der Waals surface area (Å²) in [6, 6.07) is 10.5. The number of hydrazine groups is 1. The fraction of sp³-hybridized carbons (Fsp3) is 0.222. The summed E-state index contributed by atoms with van der Waals surface area (Å²) in [5.74, 6) is 0.110. The van der Waals surface area contributed by atoms with E-state index in [0.29, 0.717) is 0 Å². The molecule has 7 heteroatoms. The van der Waals surface area contributed by atoms with Crippen LogP contribution in [0.1, 0.15) is 35.1 Å². The molecular formula is C18H17ClF2N4. The summed E-state index contributed by atoms with van der Waals surface area (Å²) >= 11 is 0. The lowest BCUT2D eigenvalue weighted by Crippen LogP contribution is -2.35. The minimum atomic E-state index is -2.45. The van der Waals surface area contributed by atoms with Crippen LogP contribution in [-0.4, -0.2) is 22.2 Å². The Morgan fingerprint density at radius 3 is 2.40 bits per heavy atom. The molecule has 2 aliphatic heterocycles. The summed E-state index contributed by atoms with van der Waals surface area (Å²) in [5.41, 5.74) is 5.60. The predicted molar refractivity (Wildman–Crippen MR) is 94.8 cm³/mol. The number of fused-ring (bicyclic) bond motifs is 1. The summed E-state index contributed by atoms with van der Waals surface area (Å²) in [5, 5.41) is 2.02. The van der Waals surface area contributed by atoms with E-state index in [0.717, 1.165) is 11.1 Å². The van der Waals surface area contributed by atoms with Gasteiger partial charge in [-0.3, -0.25) is 9.98 Å². The summed E-state index contributed by atoms with van der Waals surface area (Å²) in [6.45, 7) is 0. The van der Waals surface area contributed by atoms with Crippen LogP contribution in [0.3, 0.4) is 0 Å². The average molecular weight is 363 g/mol. The molecule has 1 aromatic carbocycles. The van der Waals surface area contributed by atoms with Gasteiger partial charge in [0.15, 0.2) is 0 Å². The zero-order chi connectivity index (χ0) is 16.5. The zero-order valence-electron chi connectivity index (χ0n) is 13.2. The molecule has 0 spiro atoms. The van der Waals surface area contributed by atoms with Gasteiger partial charge < -0.3 is 5.01 Å². The largest absolute Gasteiger partial charge is 0.304 e. The minimum absolute atomic E-state index is 0. The van der Waals surface area contributed by atoms with E-state index in [1.807, 2.05) is 29.6 Å². The van der Waals surface area contributed by atoms with Crippen molar-refractivity contribution in [2.45, 2.75) is 24.4 Å². The molecule has 3 atom stereocenters. The van der Waals surface area contributed by atoms with Gasteiger partial charge in [0.1, 0.15) is 0 Å². The lowest BCUT2D eigenvalue weighted by Gasteiger charge is -2.24. The summed E-state index contributed by atoms with van der Waals surface area (Å²) < 4.78 is 25.6. The smallest absolute Gasteiger partial charge is 0.263 e. The molecule has 0 aliphatic carbocycles. The minimum Gasteiger partial charge on any atom is -0.304 e. The highest BCUT2D eigenvalue weighted by atomic mass is 35.5. The van der Waals surface area contributed by atoms with E-state index >= 15 is 0 Å². The Morgan fingerprint density at radius 1 is 1.00 bits per heavy atom. The highest BCUT2D eigenvalue weighted by molar-refractivity contribution is 5.85. The van der Waals surface area contributed by atoms with Gasteiger partial charge in [-0.25, -0.2) is 14.2 Å². The van der Waals surface area contributed by atoms with Crippen LogP contribution in [0.15, 0.2) is 66.2 Å². The van der Waals surface area contributed by atoms with Crippen LogP contribution in [0.2, 0.25) is 0 Å². The van der Waals surface area contributed by atoms with Crippen LogP contribution in [-0.2, 0) is 0 Å². The van der Waals surface area contributed by atoms with Gasteiger partial charge in [-0.2, -0.15) is 0 Å². The first-order chi connectivity index (χ1) is 11.7. The molecule has 130 valence electrons. The molecule has 3 heterocycles. The molecule has 0 bridgehead atoms. The van der Waals surface area contributed by atoms with Gasteiger partial charge in [0.25, 0.3) is 6.43 Å². The van der Waals surface area contributed by atoms with Gasteiger partial charge in [0, 0.05) is 42.5 Å². The Labute approximate surface area is 150 Å².